The maximum absolute atomic E-state index is 11.1. The van der Waals surface area contributed by atoms with Gasteiger partial charge in [-0.3, -0.25) is 0 Å². The Morgan fingerprint density at radius 2 is 1.86 bits per heavy atom. The SMILES string of the molecule is Cc1c(Oc2ccc3ccccc3n2)cccc1C(=O)O. The smallest absolute Gasteiger partial charge is 0.336 e. The number of para-hydroxylation sites is 1. The molecule has 0 aliphatic carbocycles. The number of carboxylic acid groups (broad SMARTS) is 1. The van der Waals surface area contributed by atoms with Gasteiger partial charge in [-0.1, -0.05) is 24.3 Å². The lowest BCUT2D eigenvalue weighted by molar-refractivity contribution is 0.0695. The monoisotopic (exact) mass is 279 g/mol. The zero-order chi connectivity index (χ0) is 14.8. The molecule has 0 bridgehead atoms. The van der Waals surface area contributed by atoms with Gasteiger partial charge >= 0.3 is 5.97 Å². The molecule has 4 heteroatoms. The summed E-state index contributed by atoms with van der Waals surface area (Å²) in [7, 11) is 0. The second-order valence-corrected chi connectivity index (χ2v) is 4.68. The molecule has 2 aromatic carbocycles. The number of hydrogen-bond donors (Lipinski definition) is 1. The van der Waals surface area contributed by atoms with Gasteiger partial charge in [-0.15, -0.1) is 0 Å². The molecule has 0 aliphatic heterocycles. The van der Waals surface area contributed by atoms with Crippen molar-refractivity contribution in [3.05, 3.63) is 65.7 Å². The first-order chi connectivity index (χ1) is 10.1. The van der Waals surface area contributed by atoms with Gasteiger partial charge in [0.2, 0.25) is 5.88 Å². The summed E-state index contributed by atoms with van der Waals surface area (Å²) in [6.07, 6.45) is 0. The van der Waals surface area contributed by atoms with Crippen molar-refractivity contribution in [1.29, 1.82) is 0 Å². The van der Waals surface area contributed by atoms with Crippen molar-refractivity contribution in [3.63, 3.8) is 0 Å². The molecule has 3 aromatic rings. The number of pyridine rings is 1. The summed E-state index contributed by atoms with van der Waals surface area (Å²) in [5.41, 5.74) is 1.65. The molecule has 0 spiro atoms. The number of nitrogens with zero attached hydrogens (tertiary/aromatic N) is 1. The molecule has 0 saturated heterocycles. The van der Waals surface area contributed by atoms with E-state index in [9.17, 15) is 4.79 Å². The fourth-order valence-corrected chi connectivity index (χ4v) is 2.17. The first-order valence-electron chi connectivity index (χ1n) is 6.52. The first-order valence-corrected chi connectivity index (χ1v) is 6.52. The van der Waals surface area contributed by atoms with Crippen LogP contribution >= 0.6 is 0 Å². The van der Waals surface area contributed by atoms with Crippen LogP contribution in [0.1, 0.15) is 15.9 Å². The van der Waals surface area contributed by atoms with Gasteiger partial charge in [0, 0.05) is 17.0 Å². The molecule has 0 atom stereocenters. The van der Waals surface area contributed by atoms with Crippen molar-refractivity contribution < 1.29 is 14.6 Å². The summed E-state index contributed by atoms with van der Waals surface area (Å²) in [6, 6.07) is 16.4. The van der Waals surface area contributed by atoms with Gasteiger partial charge in [0.05, 0.1) is 11.1 Å². The fourth-order valence-electron chi connectivity index (χ4n) is 2.17. The van der Waals surface area contributed by atoms with E-state index in [2.05, 4.69) is 4.98 Å². The molecule has 0 saturated carbocycles. The van der Waals surface area contributed by atoms with E-state index in [1.54, 1.807) is 31.2 Å². The third-order valence-electron chi connectivity index (χ3n) is 3.30. The first kappa shape index (κ1) is 13.1. The lowest BCUT2D eigenvalue weighted by Crippen LogP contribution is -2.01. The molecule has 1 aromatic heterocycles. The second kappa shape index (κ2) is 5.25. The molecule has 21 heavy (non-hydrogen) atoms. The van der Waals surface area contributed by atoms with Crippen molar-refractivity contribution in [3.8, 4) is 11.6 Å². The van der Waals surface area contributed by atoms with E-state index in [0.29, 0.717) is 17.2 Å². The zero-order valence-corrected chi connectivity index (χ0v) is 11.4. The van der Waals surface area contributed by atoms with Crippen LogP contribution in [0.2, 0.25) is 0 Å². The maximum atomic E-state index is 11.1. The number of aromatic carboxylic acids is 1. The Hall–Kier alpha value is -2.88. The van der Waals surface area contributed by atoms with Crippen LogP contribution in [0.3, 0.4) is 0 Å². The minimum atomic E-state index is -0.968. The van der Waals surface area contributed by atoms with Crippen LogP contribution in [0.5, 0.6) is 11.6 Å². The Morgan fingerprint density at radius 3 is 2.67 bits per heavy atom. The lowest BCUT2D eigenvalue weighted by Gasteiger charge is -2.10. The fraction of sp³-hybridized carbons (Fsp3) is 0.0588. The van der Waals surface area contributed by atoms with Gasteiger partial charge in [0.15, 0.2) is 0 Å². The zero-order valence-electron chi connectivity index (χ0n) is 11.4. The highest BCUT2D eigenvalue weighted by Gasteiger charge is 2.12. The molecule has 0 radical (unpaired) electrons. The summed E-state index contributed by atoms with van der Waals surface area (Å²) in [5.74, 6) is -0.0264. The molecule has 104 valence electrons. The number of carboxylic acids is 1. The number of fused-ring (bicyclic) bond motifs is 1. The van der Waals surface area contributed by atoms with Gasteiger partial charge in [-0.2, -0.15) is 0 Å². The summed E-state index contributed by atoms with van der Waals surface area (Å²) < 4.78 is 5.73. The van der Waals surface area contributed by atoms with Crippen molar-refractivity contribution in [2.24, 2.45) is 0 Å². The Kier molecular flexibility index (Phi) is 3.28. The summed E-state index contributed by atoms with van der Waals surface area (Å²) in [4.78, 5) is 15.5. The normalized spacial score (nSPS) is 10.5. The molecule has 0 aliphatic rings. The van der Waals surface area contributed by atoms with E-state index in [0.717, 1.165) is 10.9 Å². The van der Waals surface area contributed by atoms with Crippen molar-refractivity contribution in [2.75, 3.05) is 0 Å². The van der Waals surface area contributed by atoms with Gasteiger partial charge in [0.1, 0.15) is 5.75 Å². The van der Waals surface area contributed by atoms with Crippen LogP contribution in [0, 0.1) is 6.92 Å². The molecule has 1 heterocycles. The average molecular weight is 279 g/mol. The van der Waals surface area contributed by atoms with Crippen LogP contribution in [-0.2, 0) is 0 Å². The summed E-state index contributed by atoms with van der Waals surface area (Å²) in [5, 5.41) is 10.2. The van der Waals surface area contributed by atoms with E-state index >= 15 is 0 Å². The van der Waals surface area contributed by atoms with E-state index in [1.165, 1.54) is 0 Å². The maximum Gasteiger partial charge on any atom is 0.336 e. The number of rotatable bonds is 3. The van der Waals surface area contributed by atoms with E-state index in [-0.39, 0.29) is 5.56 Å². The molecule has 0 unspecified atom stereocenters. The highest BCUT2D eigenvalue weighted by atomic mass is 16.5. The Labute approximate surface area is 121 Å². The minimum Gasteiger partial charge on any atom is -0.478 e. The summed E-state index contributed by atoms with van der Waals surface area (Å²) >= 11 is 0. The van der Waals surface area contributed by atoms with Crippen LogP contribution in [0.25, 0.3) is 10.9 Å². The van der Waals surface area contributed by atoms with Crippen LogP contribution in [0.4, 0.5) is 0 Å². The van der Waals surface area contributed by atoms with Gasteiger partial charge < -0.3 is 9.84 Å². The average Bonchev–Trinajstić information content (AvgIpc) is 2.49. The number of ether oxygens (including phenoxy) is 1. The van der Waals surface area contributed by atoms with E-state index in [1.807, 2.05) is 30.3 Å². The Balaban J connectivity index is 1.98. The Morgan fingerprint density at radius 1 is 1.05 bits per heavy atom. The molecule has 3 rings (SSSR count). The number of hydrogen-bond acceptors (Lipinski definition) is 3. The van der Waals surface area contributed by atoms with Crippen molar-refractivity contribution >= 4 is 16.9 Å². The number of aromatic nitrogens is 1. The minimum absolute atomic E-state index is 0.230. The number of carbonyl (C=O) groups is 1. The quantitative estimate of drug-likeness (QED) is 0.786. The third kappa shape index (κ3) is 2.56. The van der Waals surface area contributed by atoms with Crippen LogP contribution in [0.15, 0.2) is 54.6 Å². The molecule has 0 amide bonds. The molecular formula is C17H13NO3. The van der Waals surface area contributed by atoms with Gasteiger partial charge in [0.25, 0.3) is 0 Å². The largest absolute Gasteiger partial charge is 0.478 e. The van der Waals surface area contributed by atoms with Crippen LogP contribution < -0.4 is 4.74 Å². The third-order valence-corrected chi connectivity index (χ3v) is 3.30. The lowest BCUT2D eigenvalue weighted by atomic mass is 10.1. The standard InChI is InChI=1S/C17H13NO3/c1-11-13(17(19)20)6-4-8-15(11)21-16-10-9-12-5-2-3-7-14(12)18-16/h2-10H,1H3,(H,19,20). The summed E-state index contributed by atoms with van der Waals surface area (Å²) in [6.45, 7) is 1.72. The van der Waals surface area contributed by atoms with Crippen molar-refractivity contribution in [1.82, 2.24) is 4.98 Å². The number of benzene rings is 2. The predicted octanol–water partition coefficient (Wildman–Crippen LogP) is 4.03. The van der Waals surface area contributed by atoms with E-state index in [4.69, 9.17) is 9.84 Å². The molecule has 0 fully saturated rings. The van der Waals surface area contributed by atoms with Gasteiger partial charge in [-0.25, -0.2) is 9.78 Å². The molecule has 4 nitrogen and oxygen atoms in total. The van der Waals surface area contributed by atoms with E-state index < -0.39 is 5.97 Å². The van der Waals surface area contributed by atoms with Gasteiger partial charge in [-0.05, 0) is 31.2 Å². The molecular weight excluding hydrogens is 266 g/mol. The topological polar surface area (TPSA) is 59.4 Å². The van der Waals surface area contributed by atoms with Crippen LogP contribution in [-0.4, -0.2) is 16.1 Å². The highest BCUT2D eigenvalue weighted by molar-refractivity contribution is 5.90. The predicted molar refractivity (Wildman–Crippen MR) is 80.0 cm³/mol. The highest BCUT2D eigenvalue weighted by Crippen LogP contribution is 2.27. The second-order valence-electron chi connectivity index (χ2n) is 4.68. The Bertz CT molecular complexity index is 827. The van der Waals surface area contributed by atoms with Crippen molar-refractivity contribution in [2.45, 2.75) is 6.92 Å². The molecule has 1 N–H and O–H groups in total.